The van der Waals surface area contributed by atoms with Crippen LogP contribution in [-0.4, -0.2) is 52.9 Å². The van der Waals surface area contributed by atoms with Crippen molar-refractivity contribution in [2.75, 3.05) is 26.2 Å². The van der Waals surface area contributed by atoms with Gasteiger partial charge in [-0.2, -0.15) is 13.2 Å². The molecule has 0 saturated carbocycles. The summed E-state index contributed by atoms with van der Waals surface area (Å²) < 4.78 is 58.7. The van der Waals surface area contributed by atoms with Crippen molar-refractivity contribution in [3.63, 3.8) is 0 Å². The summed E-state index contributed by atoms with van der Waals surface area (Å²) in [6.07, 6.45) is 0.0300. The number of aryl methyl sites for hydroxylation is 1. The molecular weight excluding hydrogens is 528 g/mol. The van der Waals surface area contributed by atoms with E-state index in [-0.39, 0.29) is 23.6 Å². The number of piperidine rings is 1. The molecule has 0 radical (unpaired) electrons. The van der Waals surface area contributed by atoms with Crippen molar-refractivity contribution in [3.8, 4) is 11.1 Å². The van der Waals surface area contributed by atoms with E-state index in [0.717, 1.165) is 28.3 Å². The van der Waals surface area contributed by atoms with Crippen molar-refractivity contribution >= 4 is 16.7 Å². The number of halogens is 4. The lowest BCUT2D eigenvalue weighted by atomic mass is 9.96. The first-order chi connectivity index (χ1) is 19.1. The van der Waals surface area contributed by atoms with Crippen LogP contribution in [0.3, 0.4) is 0 Å². The van der Waals surface area contributed by atoms with E-state index >= 15 is 0 Å². The first-order valence-corrected chi connectivity index (χ1v) is 13.0. The van der Waals surface area contributed by atoms with Crippen LogP contribution in [0.4, 0.5) is 17.6 Å². The molecule has 0 spiro atoms. The first kappa shape index (κ1) is 27.6. The third kappa shape index (κ3) is 6.41. The number of amides is 1. The van der Waals surface area contributed by atoms with Crippen LogP contribution in [0.15, 0.2) is 64.2 Å². The Morgan fingerprint density at radius 3 is 2.60 bits per heavy atom. The van der Waals surface area contributed by atoms with Crippen molar-refractivity contribution in [2.24, 2.45) is 5.92 Å². The quantitative estimate of drug-likeness (QED) is 0.318. The maximum Gasteiger partial charge on any atom is 0.401 e. The number of carbonyl (C=O) groups is 1. The van der Waals surface area contributed by atoms with Gasteiger partial charge in [0.25, 0.3) is 11.5 Å². The number of hydrogen-bond acceptors (Lipinski definition) is 5. The fourth-order valence-corrected chi connectivity index (χ4v) is 5.16. The number of rotatable bonds is 7. The first-order valence-electron chi connectivity index (χ1n) is 13.0. The molecule has 40 heavy (non-hydrogen) atoms. The second kappa shape index (κ2) is 11.2. The van der Waals surface area contributed by atoms with Gasteiger partial charge in [-0.1, -0.05) is 11.2 Å². The van der Waals surface area contributed by atoms with Gasteiger partial charge in [-0.25, -0.2) is 4.39 Å². The van der Waals surface area contributed by atoms with E-state index in [9.17, 15) is 27.2 Å². The molecule has 5 rings (SSSR count). The summed E-state index contributed by atoms with van der Waals surface area (Å²) in [5.41, 5.74) is 2.76. The van der Waals surface area contributed by atoms with E-state index in [1.165, 1.54) is 15.5 Å². The Morgan fingerprint density at radius 2 is 1.90 bits per heavy atom. The number of nitrogens with zero attached hydrogens (tertiary/aromatic N) is 3. The minimum absolute atomic E-state index is 0.0480. The van der Waals surface area contributed by atoms with Crippen molar-refractivity contribution in [1.29, 1.82) is 0 Å². The van der Waals surface area contributed by atoms with Gasteiger partial charge in [0.2, 0.25) is 0 Å². The van der Waals surface area contributed by atoms with E-state index in [1.54, 1.807) is 30.7 Å². The molecule has 0 unspecified atom stereocenters. The maximum atomic E-state index is 14.5. The third-order valence-corrected chi connectivity index (χ3v) is 7.27. The molecule has 210 valence electrons. The predicted molar refractivity (Wildman–Crippen MR) is 141 cm³/mol. The van der Waals surface area contributed by atoms with Crippen LogP contribution >= 0.6 is 0 Å². The van der Waals surface area contributed by atoms with E-state index in [2.05, 4.69) is 10.5 Å². The molecule has 11 heteroatoms. The van der Waals surface area contributed by atoms with Crippen LogP contribution in [0.25, 0.3) is 21.9 Å². The monoisotopic (exact) mass is 556 g/mol. The summed E-state index contributed by atoms with van der Waals surface area (Å²) in [6, 6.07) is 11.2. The Bertz CT molecular complexity index is 1590. The predicted octanol–water partition coefficient (Wildman–Crippen LogP) is 5.16. The van der Waals surface area contributed by atoms with Crippen LogP contribution in [0, 0.1) is 18.7 Å². The Balaban J connectivity index is 1.25. The fraction of sp³-hybridized carbons (Fsp3) is 0.345. The maximum absolute atomic E-state index is 14.5. The van der Waals surface area contributed by atoms with Gasteiger partial charge in [-0.3, -0.25) is 14.5 Å². The Kier molecular flexibility index (Phi) is 7.75. The Hall–Kier alpha value is -3.99. The average Bonchev–Trinajstić information content (AvgIpc) is 3.34. The lowest BCUT2D eigenvalue weighted by Gasteiger charge is -2.32. The number of hydrogen-bond donors (Lipinski definition) is 1. The lowest BCUT2D eigenvalue weighted by molar-refractivity contribution is -0.148. The topological polar surface area (TPSA) is 80.4 Å². The molecule has 2 aromatic heterocycles. The zero-order valence-electron chi connectivity index (χ0n) is 21.8. The average molecular weight is 557 g/mol. The number of nitrogens with one attached hydrogen (secondary N) is 1. The Morgan fingerprint density at radius 1 is 1.12 bits per heavy atom. The zero-order chi connectivity index (χ0) is 28.4. The molecule has 1 aliphatic heterocycles. The molecule has 0 atom stereocenters. The molecule has 4 aromatic rings. The highest BCUT2D eigenvalue weighted by atomic mass is 19.4. The SMILES string of the molecule is Cc1nocc1-c1ccc2c(=O)n(Cc3cc(F)cc(C(=O)NCC4CCN(CC(F)(F)F)CC4)c3)ccc2c1. The van der Waals surface area contributed by atoms with Crippen molar-refractivity contribution in [3.05, 3.63) is 87.9 Å². The third-order valence-electron chi connectivity index (χ3n) is 7.27. The van der Waals surface area contributed by atoms with Gasteiger partial charge < -0.3 is 14.4 Å². The number of aromatic nitrogens is 2. The minimum atomic E-state index is -4.23. The summed E-state index contributed by atoms with van der Waals surface area (Å²) in [7, 11) is 0. The molecule has 1 N–H and O–H groups in total. The van der Waals surface area contributed by atoms with Crippen LogP contribution < -0.4 is 10.9 Å². The second-order valence-electron chi connectivity index (χ2n) is 10.3. The van der Waals surface area contributed by atoms with Crippen LogP contribution in [0.1, 0.15) is 34.5 Å². The van der Waals surface area contributed by atoms with Gasteiger partial charge >= 0.3 is 6.18 Å². The van der Waals surface area contributed by atoms with Gasteiger partial charge in [-0.05, 0) is 91.7 Å². The Labute approximate surface area is 227 Å². The number of fused-ring (bicyclic) bond motifs is 1. The second-order valence-corrected chi connectivity index (χ2v) is 10.3. The molecule has 2 aromatic carbocycles. The van der Waals surface area contributed by atoms with E-state index in [0.29, 0.717) is 43.4 Å². The highest BCUT2D eigenvalue weighted by Crippen LogP contribution is 2.26. The number of carbonyl (C=O) groups excluding carboxylic acids is 1. The molecular formula is C29H28F4N4O3. The summed E-state index contributed by atoms with van der Waals surface area (Å²) in [5, 5.41) is 7.91. The van der Waals surface area contributed by atoms with E-state index in [1.807, 2.05) is 19.1 Å². The largest absolute Gasteiger partial charge is 0.401 e. The molecule has 1 saturated heterocycles. The highest BCUT2D eigenvalue weighted by Gasteiger charge is 2.32. The molecule has 3 heterocycles. The standard InChI is InChI=1S/C29H28F4N4O3/c1-18-26(16-40-35-18)21-2-3-25-22(12-21)6-9-37(28(25)39)15-20-10-23(13-24(30)11-20)27(38)34-14-19-4-7-36(8-5-19)17-29(31,32)33/h2-3,6,9-13,16,19H,4-5,7-8,14-15,17H2,1H3,(H,34,38). The van der Waals surface area contributed by atoms with Gasteiger partial charge in [0, 0.05) is 29.3 Å². The van der Waals surface area contributed by atoms with Crippen LogP contribution in [-0.2, 0) is 6.54 Å². The number of alkyl halides is 3. The highest BCUT2D eigenvalue weighted by molar-refractivity contribution is 5.94. The normalized spacial score (nSPS) is 15.0. The van der Waals surface area contributed by atoms with Crippen molar-refractivity contribution in [1.82, 2.24) is 19.9 Å². The molecule has 1 aliphatic rings. The molecule has 7 nitrogen and oxygen atoms in total. The minimum Gasteiger partial charge on any atom is -0.364 e. The number of likely N-dealkylation sites (tertiary alicyclic amines) is 1. The van der Waals surface area contributed by atoms with E-state index < -0.39 is 24.4 Å². The van der Waals surface area contributed by atoms with E-state index in [4.69, 9.17) is 4.52 Å². The summed E-state index contributed by atoms with van der Waals surface area (Å²) >= 11 is 0. The summed E-state index contributed by atoms with van der Waals surface area (Å²) in [4.78, 5) is 27.3. The number of pyridine rings is 1. The summed E-state index contributed by atoms with van der Waals surface area (Å²) in [6.45, 7) is 1.89. The fourth-order valence-electron chi connectivity index (χ4n) is 5.16. The zero-order valence-corrected chi connectivity index (χ0v) is 21.8. The van der Waals surface area contributed by atoms with Crippen molar-refractivity contribution in [2.45, 2.75) is 32.5 Å². The van der Waals surface area contributed by atoms with Crippen LogP contribution in [0.5, 0.6) is 0 Å². The van der Waals surface area contributed by atoms with Crippen molar-refractivity contribution < 1.29 is 26.9 Å². The molecule has 0 aliphatic carbocycles. The lowest BCUT2D eigenvalue weighted by Crippen LogP contribution is -2.42. The summed E-state index contributed by atoms with van der Waals surface area (Å²) in [5.74, 6) is -1.03. The molecule has 1 amide bonds. The number of benzene rings is 2. The van der Waals surface area contributed by atoms with Gasteiger partial charge in [0.1, 0.15) is 12.1 Å². The molecule has 0 bridgehead atoms. The molecule has 1 fully saturated rings. The van der Waals surface area contributed by atoms with Gasteiger partial charge in [-0.15, -0.1) is 0 Å². The van der Waals surface area contributed by atoms with Gasteiger partial charge in [0.05, 0.1) is 18.8 Å². The van der Waals surface area contributed by atoms with Gasteiger partial charge in [0.15, 0.2) is 0 Å². The smallest absolute Gasteiger partial charge is 0.364 e. The van der Waals surface area contributed by atoms with Crippen LogP contribution in [0.2, 0.25) is 0 Å².